The number of fused-ring (bicyclic) bond motifs is 10. The van der Waals surface area contributed by atoms with Crippen LogP contribution in [0.4, 0.5) is 0 Å². The molecule has 0 N–H and O–H groups in total. The Morgan fingerprint density at radius 2 is 0.641 bits per heavy atom. The zero-order valence-electron chi connectivity index (χ0n) is 24.6. The van der Waals surface area contributed by atoms with Crippen molar-refractivity contribution in [2.24, 2.45) is 23.7 Å². The summed E-state index contributed by atoms with van der Waals surface area (Å²) in [6.45, 7) is -3.71. The minimum absolute atomic E-state index is 0.698. The third-order valence-electron chi connectivity index (χ3n) is 25.2. The maximum atomic E-state index is 4.11. The molecule has 1 spiro atoms. The summed E-state index contributed by atoms with van der Waals surface area (Å²) in [7, 11) is 8.22. The third kappa shape index (κ3) is 0.602. The SMILES string of the molecule is PC(C1CCCCC1)(C1CCCCC1)[C]12[CH]3[CH]4[CH]5[C]1(C(P)(C1CCCCC1)C1CCCCC1)[Fe]43521678[CH]2[CH]1[CH]6[CH]7[CH]28. The first-order valence-corrected chi connectivity index (χ1v) is 26.0. The van der Waals surface area contributed by atoms with Crippen LogP contribution in [0.25, 0.3) is 0 Å². The van der Waals surface area contributed by atoms with Gasteiger partial charge in [-0.3, -0.25) is 0 Å². The molecule has 39 heavy (non-hydrogen) atoms. The van der Waals surface area contributed by atoms with Gasteiger partial charge in [0.1, 0.15) is 0 Å². The van der Waals surface area contributed by atoms with Crippen molar-refractivity contribution in [2.75, 3.05) is 0 Å². The predicted molar refractivity (Wildman–Crippen MR) is 167 cm³/mol. The Hall–Kier alpha value is 1.38. The van der Waals surface area contributed by atoms with Gasteiger partial charge >= 0.3 is 235 Å². The fraction of sp³-hybridized carbons (Fsp3) is 1.00. The van der Waals surface area contributed by atoms with E-state index in [1.165, 1.54) is 38.5 Å². The van der Waals surface area contributed by atoms with Crippen molar-refractivity contribution in [3.63, 3.8) is 0 Å². The van der Waals surface area contributed by atoms with E-state index in [1.54, 1.807) is 128 Å². The molecule has 3 heteroatoms. The van der Waals surface area contributed by atoms with Gasteiger partial charge < -0.3 is 0 Å². The van der Waals surface area contributed by atoms with Crippen LogP contribution < -0.4 is 0 Å². The van der Waals surface area contributed by atoms with E-state index >= 15 is 0 Å². The van der Waals surface area contributed by atoms with Crippen molar-refractivity contribution in [1.82, 2.24) is 0 Å². The van der Waals surface area contributed by atoms with Crippen LogP contribution in [0.1, 0.15) is 128 Å². The zero-order valence-corrected chi connectivity index (χ0v) is 28.0. The van der Waals surface area contributed by atoms with E-state index < -0.39 is 6.51 Å². The molecule has 0 nitrogen and oxygen atoms in total. The molecular weight excluding hydrogens is 550 g/mol. The molecule has 4 saturated carbocycles. The molecule has 14 aliphatic rings. The first-order valence-electron chi connectivity index (χ1n) is 18.6. The molecule has 0 aromatic heterocycles. The van der Waals surface area contributed by atoms with E-state index in [0.29, 0.717) is 10.3 Å². The molecule has 218 valence electrons. The van der Waals surface area contributed by atoms with E-state index in [4.69, 9.17) is 0 Å². The second-order valence-electron chi connectivity index (χ2n) is 21.0. The summed E-state index contributed by atoms with van der Waals surface area (Å²) >= 11 is 0. The van der Waals surface area contributed by atoms with Crippen LogP contribution in [0, 0.1) is 23.7 Å². The number of hydrogen-bond donors (Lipinski definition) is 0. The van der Waals surface area contributed by atoms with Gasteiger partial charge in [0, 0.05) is 0 Å². The molecular formula is C36H56FeP2. The monoisotopic (exact) mass is 606 g/mol. The minimum atomic E-state index is -3.71. The molecule has 10 saturated heterocycles. The summed E-state index contributed by atoms with van der Waals surface area (Å²) in [6.07, 6.45) is 32.0. The van der Waals surface area contributed by atoms with Crippen molar-refractivity contribution in [3.8, 4) is 0 Å². The van der Waals surface area contributed by atoms with Gasteiger partial charge in [0.05, 0.1) is 0 Å². The number of rotatable bonds is 6. The van der Waals surface area contributed by atoms with Gasteiger partial charge in [0.15, 0.2) is 0 Å². The zero-order chi connectivity index (χ0) is 25.4. The van der Waals surface area contributed by atoms with Crippen molar-refractivity contribution < 1.29 is 6.51 Å². The van der Waals surface area contributed by atoms with Gasteiger partial charge in [-0.05, 0) is 0 Å². The fourth-order valence-electron chi connectivity index (χ4n) is 27.3. The Balaban J connectivity index is 1.09. The van der Waals surface area contributed by atoms with Crippen LogP contribution in [0.2, 0.25) is 47.2 Å². The molecule has 14 rings (SSSR count). The van der Waals surface area contributed by atoms with Crippen LogP contribution in [-0.2, 0) is 6.51 Å². The van der Waals surface area contributed by atoms with Crippen LogP contribution in [0.15, 0.2) is 0 Å². The fourth-order valence-corrected chi connectivity index (χ4v) is 113. The Bertz CT molecular complexity index is 1430. The van der Waals surface area contributed by atoms with Gasteiger partial charge in [-0.1, -0.05) is 0 Å². The van der Waals surface area contributed by atoms with Crippen molar-refractivity contribution >= 4 is 18.5 Å². The van der Waals surface area contributed by atoms with Gasteiger partial charge in [0.25, 0.3) is 0 Å². The average molecular weight is 607 g/mol. The van der Waals surface area contributed by atoms with Crippen molar-refractivity contribution in [1.29, 1.82) is 0 Å². The van der Waals surface area contributed by atoms with E-state index in [2.05, 4.69) is 18.5 Å². The number of hydrogen-bond acceptors (Lipinski definition) is 0. The van der Waals surface area contributed by atoms with Crippen molar-refractivity contribution in [2.45, 2.75) is 186 Å². The first-order chi connectivity index (χ1) is 18.9. The van der Waals surface area contributed by atoms with E-state index in [1.807, 2.05) is 0 Å². The summed E-state index contributed by atoms with van der Waals surface area (Å²) in [5, 5.41) is 1.40. The summed E-state index contributed by atoms with van der Waals surface area (Å²) in [4.78, 5) is 11.7. The van der Waals surface area contributed by atoms with Gasteiger partial charge in [-0.2, -0.15) is 0 Å². The molecule has 0 amide bonds. The standard InChI is InChI=1S/C31H51P2.C5H5.Fe/c32-30(24-14-5-1-6-15-24,25-16-7-2-8-17-25)28-22-13-23-29(28)31(33,26-18-9-3-10-19-26)27-20-11-4-12-21-27;1-2-4-5-3-1;/h13,22-27H,1-12,14-21,32-33H2;1-5H;. The quantitative estimate of drug-likeness (QED) is 0.208. The van der Waals surface area contributed by atoms with Gasteiger partial charge in [0.2, 0.25) is 0 Å². The predicted octanol–water partition coefficient (Wildman–Crippen LogP) is 11.7. The van der Waals surface area contributed by atoms with Gasteiger partial charge in [-0.15, -0.1) is 0 Å². The molecule has 10 heterocycles. The van der Waals surface area contributed by atoms with E-state index in [0.717, 1.165) is 32.3 Å². The molecule has 6 unspecified atom stereocenters. The van der Waals surface area contributed by atoms with E-state index in [9.17, 15) is 0 Å². The molecule has 0 bridgehead atoms. The Morgan fingerprint density at radius 3 is 0.846 bits per heavy atom. The van der Waals surface area contributed by atoms with Crippen LogP contribution in [0.3, 0.4) is 0 Å². The van der Waals surface area contributed by atoms with Crippen molar-refractivity contribution in [3.05, 3.63) is 0 Å². The molecule has 0 aromatic rings. The Labute approximate surface area is 233 Å². The topological polar surface area (TPSA) is 0 Å². The summed E-state index contributed by atoms with van der Waals surface area (Å²) in [5.74, 6) is 4.40. The second kappa shape index (κ2) is 3.63. The third-order valence-corrected chi connectivity index (χ3v) is 71.7. The van der Waals surface area contributed by atoms with Crippen LogP contribution in [-0.4, -0.2) is 10.3 Å². The normalized spacial score (nSPS) is 73.0. The maximum absolute atomic E-state index is 4.11. The Kier molecular flexibility index (Phi) is 2.05. The second-order valence-corrected chi connectivity index (χ2v) is 46.1. The average Bonchev–Trinajstić information content (AvgIpc) is 3.96. The van der Waals surface area contributed by atoms with Crippen LogP contribution >= 0.6 is 18.5 Å². The van der Waals surface area contributed by atoms with Crippen LogP contribution in [0.5, 0.6) is 0 Å². The molecule has 6 atom stereocenters. The summed E-state index contributed by atoms with van der Waals surface area (Å²) in [6, 6.07) is 0. The van der Waals surface area contributed by atoms with E-state index in [-0.39, 0.29) is 0 Å². The molecule has 4 aliphatic carbocycles. The molecule has 0 radical (unpaired) electrons. The summed E-state index contributed by atoms with van der Waals surface area (Å²) in [5.41, 5.74) is 0. The molecule has 14 fully saturated rings. The van der Waals surface area contributed by atoms with Gasteiger partial charge in [-0.25, -0.2) is 0 Å². The summed E-state index contributed by atoms with van der Waals surface area (Å²) < 4.78 is 1.98. The molecule has 10 aliphatic heterocycles. The molecule has 0 aromatic carbocycles. The first kappa shape index (κ1) is 22.0. The Morgan fingerprint density at radius 1 is 0.385 bits per heavy atom.